The van der Waals surface area contributed by atoms with Crippen molar-refractivity contribution in [2.45, 2.75) is 236 Å². The summed E-state index contributed by atoms with van der Waals surface area (Å²) in [5.74, 6) is -6.04. The molecule has 0 aromatic heterocycles. The Morgan fingerprint density at radius 3 is 1.73 bits per heavy atom. The van der Waals surface area contributed by atoms with Crippen LogP contribution in [0, 0.1) is 45.5 Å². The Morgan fingerprint density at radius 2 is 1.17 bits per heavy atom. The van der Waals surface area contributed by atoms with Gasteiger partial charge in [0.05, 0.1) is 63.5 Å². The highest BCUT2D eigenvalue weighted by Gasteiger charge is 2.69. The van der Waals surface area contributed by atoms with Crippen LogP contribution in [0.3, 0.4) is 0 Å². The maximum absolute atomic E-state index is 16.0. The molecule has 3 saturated heterocycles. The number of benzene rings is 8. The number of amides is 6. The largest absolute Gasteiger partial charge is 0.495 e. The molecule has 19 nitrogen and oxygen atoms in total. The molecule has 8 N–H and O–H groups in total. The molecule has 5 aliphatic rings. The average molecular weight is 1880 g/mol. The molecular weight excluding hydrogens is 1760 g/mol. The van der Waals surface area contributed by atoms with Crippen molar-refractivity contribution in [1.29, 1.82) is 5.26 Å². The highest BCUT2D eigenvalue weighted by atomic mass is 35.5. The summed E-state index contributed by atoms with van der Waals surface area (Å²) in [4.78, 5) is 83.0. The number of ether oxygens (including phenoxy) is 1. The average Bonchev–Trinajstić information content (AvgIpc) is 1.52. The Morgan fingerprint density at radius 1 is 0.622 bits per heavy atom. The van der Waals surface area contributed by atoms with Crippen molar-refractivity contribution in [2.75, 3.05) is 35.4 Å². The van der Waals surface area contributed by atoms with E-state index in [4.69, 9.17) is 74.3 Å². The fraction of sp³-hybridized carbons (Fsp3) is 0.439. The Kier molecular flexibility index (Phi) is 31.5. The molecule has 11 atom stereocenters. The lowest BCUT2D eigenvalue weighted by atomic mass is 9.56. The van der Waals surface area contributed by atoms with Gasteiger partial charge >= 0.3 is 0 Å². The van der Waals surface area contributed by atoms with Crippen LogP contribution >= 0.6 is 69.6 Å². The van der Waals surface area contributed by atoms with Gasteiger partial charge in [0.25, 0.3) is 11.8 Å². The van der Waals surface area contributed by atoms with Crippen LogP contribution in [0.15, 0.2) is 164 Å². The Labute approximate surface area is 774 Å². The SMILES string of the molecule is CC(C)NC(=O)C[C@@]1(C)C[C@H](c2cccc(Cl)c2)[C@@H](c2ccc(Cl)cc2)N([C@H](CS(=O)(=O)C(C)C)C(C)C)C1=O.CC(C)NC(=O)c1ccc(NC(=O)[C@@H]2NC3(CCCCC3)[C@@]3(CNc4cc(Cl)ccc43)[C@H]2c2cccc(Cl)c2F)cc1.COc1cc(C(=O)NC(C)C)ccc1NC(=O)[C@@H]1N[C@@H](CC(C)(C)C)[C@](C#N)(c2ccc(Cl)cc2F)[C@H]1c1cccc(Cl)c1F. The first-order chi connectivity index (χ1) is 59.8. The van der Waals surface area contributed by atoms with Crippen molar-refractivity contribution >= 4 is 132 Å². The van der Waals surface area contributed by atoms with E-state index in [9.17, 15) is 42.4 Å². The maximum atomic E-state index is 16.0. The molecule has 1 saturated carbocycles. The number of nitrogens with one attached hydrogen (secondary N) is 8. The molecule has 4 aliphatic heterocycles. The van der Waals surface area contributed by atoms with Crippen LogP contribution in [-0.4, -0.2) is 121 Å². The molecule has 4 fully saturated rings. The number of anilines is 3. The van der Waals surface area contributed by atoms with E-state index in [0.717, 1.165) is 60.5 Å². The van der Waals surface area contributed by atoms with Gasteiger partial charge in [-0.05, 0) is 223 Å². The number of sulfone groups is 1. The summed E-state index contributed by atoms with van der Waals surface area (Å²) in [7, 11) is -2.11. The van der Waals surface area contributed by atoms with E-state index in [-0.39, 0.29) is 115 Å². The van der Waals surface area contributed by atoms with Crippen LogP contribution in [0.2, 0.25) is 30.1 Å². The zero-order chi connectivity index (χ0) is 92.9. The monoisotopic (exact) mass is 1870 g/mol. The zero-order valence-corrected chi connectivity index (χ0v) is 79.4. The number of fused-ring (bicyclic) bond motifs is 3. The number of methoxy groups -OCH3 is 1. The van der Waals surface area contributed by atoms with Gasteiger partial charge in [-0.2, -0.15) is 5.26 Å². The summed E-state index contributed by atoms with van der Waals surface area (Å²) in [5, 5.41) is 37.3. The Hall–Kier alpha value is -8.93. The topological polar surface area (TPSA) is 269 Å². The van der Waals surface area contributed by atoms with E-state index in [1.54, 1.807) is 79.4 Å². The summed E-state index contributed by atoms with van der Waals surface area (Å²) in [6.07, 6.45) is 5.57. The number of hydrogen-bond acceptors (Lipinski definition) is 13. The molecule has 4 heterocycles. The molecule has 0 bridgehead atoms. The quantitative estimate of drug-likeness (QED) is 0.0296. The summed E-state index contributed by atoms with van der Waals surface area (Å²) < 4.78 is 79.8. The number of piperidine rings is 1. The predicted octanol–water partition coefficient (Wildman–Crippen LogP) is 21.2. The van der Waals surface area contributed by atoms with Crippen LogP contribution in [0.5, 0.6) is 5.75 Å². The van der Waals surface area contributed by atoms with Crippen molar-refractivity contribution < 1.29 is 55.1 Å². The van der Waals surface area contributed by atoms with Crippen molar-refractivity contribution in [1.82, 2.24) is 31.5 Å². The normalized spacial score (nSPS) is 22.7. The van der Waals surface area contributed by atoms with E-state index >= 15 is 13.2 Å². The van der Waals surface area contributed by atoms with Crippen molar-refractivity contribution in [3.8, 4) is 11.8 Å². The summed E-state index contributed by atoms with van der Waals surface area (Å²) in [6, 6.07) is 43.8. The first-order valence-electron chi connectivity index (χ1n) is 43.0. The molecule has 678 valence electrons. The minimum atomic E-state index is -3.51. The van der Waals surface area contributed by atoms with Crippen molar-refractivity contribution in [3.05, 3.63) is 256 Å². The highest BCUT2D eigenvalue weighted by molar-refractivity contribution is 7.92. The molecule has 0 radical (unpaired) electrons. The van der Waals surface area contributed by atoms with Gasteiger partial charge in [0, 0.05) is 120 Å². The fourth-order valence-corrected chi connectivity index (χ4v) is 21.8. The van der Waals surface area contributed by atoms with E-state index in [0.29, 0.717) is 56.8 Å². The van der Waals surface area contributed by atoms with Gasteiger partial charge in [0.15, 0.2) is 9.84 Å². The smallest absolute Gasteiger partial charge is 0.251 e. The van der Waals surface area contributed by atoms with Crippen LogP contribution in [0.25, 0.3) is 0 Å². The highest BCUT2D eigenvalue weighted by Crippen LogP contribution is 2.63. The lowest BCUT2D eigenvalue weighted by Crippen LogP contribution is -2.59. The lowest BCUT2D eigenvalue weighted by molar-refractivity contribution is -0.158. The minimum absolute atomic E-state index is 0.00728. The van der Waals surface area contributed by atoms with Crippen molar-refractivity contribution in [2.24, 2.45) is 16.7 Å². The second kappa shape index (κ2) is 40.6. The third-order valence-electron chi connectivity index (χ3n) is 25.0. The molecule has 8 aromatic carbocycles. The van der Waals surface area contributed by atoms with Gasteiger partial charge in [-0.25, -0.2) is 21.6 Å². The van der Waals surface area contributed by atoms with Gasteiger partial charge in [0.1, 0.15) is 28.6 Å². The van der Waals surface area contributed by atoms with Gasteiger partial charge < -0.3 is 46.9 Å². The van der Waals surface area contributed by atoms with Crippen molar-refractivity contribution in [3.63, 3.8) is 0 Å². The van der Waals surface area contributed by atoms with E-state index in [2.05, 4.69) is 48.6 Å². The molecular formula is C98H113Cl6F3N10O9S. The second-order valence-electron chi connectivity index (χ2n) is 37.0. The minimum Gasteiger partial charge on any atom is -0.495 e. The van der Waals surface area contributed by atoms with Crippen LogP contribution in [0.1, 0.15) is 226 Å². The van der Waals surface area contributed by atoms with Crippen LogP contribution < -0.4 is 47.3 Å². The third kappa shape index (κ3) is 21.4. The fourth-order valence-electron chi connectivity index (χ4n) is 19.3. The molecule has 0 unspecified atom stereocenters. The van der Waals surface area contributed by atoms with Gasteiger partial charge in [-0.3, -0.25) is 34.1 Å². The number of nitrogens with zero attached hydrogens (tertiary/aromatic N) is 2. The van der Waals surface area contributed by atoms with E-state index in [1.165, 1.54) is 55.6 Å². The Balaban J connectivity index is 0.000000185. The van der Waals surface area contributed by atoms with Crippen LogP contribution in [-0.2, 0) is 39.8 Å². The molecule has 29 heteroatoms. The van der Waals surface area contributed by atoms with Gasteiger partial charge in [-0.1, -0.05) is 191 Å². The first kappa shape index (κ1) is 98.7. The van der Waals surface area contributed by atoms with Crippen LogP contribution in [0.4, 0.5) is 30.2 Å². The van der Waals surface area contributed by atoms with Gasteiger partial charge in [0.2, 0.25) is 23.6 Å². The number of rotatable bonds is 23. The molecule has 8 aromatic rings. The number of hydrogen-bond donors (Lipinski definition) is 8. The molecule has 127 heavy (non-hydrogen) atoms. The van der Waals surface area contributed by atoms with Gasteiger partial charge in [-0.15, -0.1) is 0 Å². The first-order valence-corrected chi connectivity index (χ1v) is 47.0. The van der Waals surface area contributed by atoms with E-state index in [1.807, 2.05) is 132 Å². The standard InChI is InChI=1S/C34H36Cl2F2N4O3.C33H35Cl2FN4O2.C31H42Cl2N2O4S/c1-18(2)40-31(43)19-10-13-25(26(14-19)45-6)41-32(44)30-28(21-8-7-9-23(36)29(21)38)34(17-39,27(42-30)16-33(3,4)5)22-12-11-20(35)15-24(22)37;1-19(2)38-30(41)20-9-12-22(13-10-20)39-31(42)29-27(23-7-6-8-25(35)28(23)36)33(32(40-29)15-4-3-5-16-32)18-37-26-17-21(34)11-14-24(26)33;1-19(2)27(18-40(38,39)21(5)6)35-29(22-11-13-24(32)14-12-22)26(23-9-8-10-25(33)15-23)16-31(7,30(35)37)17-28(36)34-20(3)4/h7-15,18,27-28,30,42H,16H2,1-6H3,(H,40,43)(H,41,44);6-14,17,19,27,29,37,40H,3-5,15-16,18H2,1-2H3,(H,38,41)(H,39,42);8-15,19-21,26-27,29H,16-18H2,1-7H3,(H,34,36)/t27-,28-,30+,34-;27-,29+,33+;26-,27-,29-,31-/m001/s1. The lowest BCUT2D eigenvalue weighted by Gasteiger charge is -2.53. The number of halogens is 9. The van der Waals surface area contributed by atoms with E-state index < -0.39 is 102 Å². The summed E-state index contributed by atoms with van der Waals surface area (Å²) >= 11 is 37.8. The second-order valence-corrected chi connectivity index (χ2v) is 42.2. The summed E-state index contributed by atoms with van der Waals surface area (Å²) in [5.41, 5.74) is 1.46. The Bertz CT molecular complexity index is 5560. The summed E-state index contributed by atoms with van der Waals surface area (Å²) in [6.45, 7) is 26.7. The molecule has 13 rings (SSSR count). The molecule has 1 aliphatic carbocycles. The number of nitriles is 1. The molecule has 2 spiro atoms. The predicted molar refractivity (Wildman–Crippen MR) is 501 cm³/mol. The number of carbonyl (C=O) groups excluding carboxylic acids is 6. The maximum Gasteiger partial charge on any atom is 0.251 e. The number of likely N-dealkylation sites (tertiary alicyclic amines) is 1. The third-order valence-corrected chi connectivity index (χ3v) is 28.8. The zero-order valence-electron chi connectivity index (χ0n) is 74.0. The number of carbonyl (C=O) groups is 6. The molecule has 6 amide bonds.